The molecule has 1 heterocycles. The van der Waals surface area contributed by atoms with E-state index in [4.69, 9.17) is 0 Å². The standard InChI is InChI=1S/C14H12F3N3O/c15-14(16,17)12-3-1-2-10(8-12)9-19-20-13(21)11-4-6-18-7-5-11/h1-9,13,20-21H/b19-9-. The molecule has 21 heavy (non-hydrogen) atoms. The van der Waals surface area contributed by atoms with Crippen molar-refractivity contribution >= 4 is 6.21 Å². The van der Waals surface area contributed by atoms with Gasteiger partial charge in [-0.3, -0.25) is 10.4 Å². The largest absolute Gasteiger partial charge is 0.416 e. The van der Waals surface area contributed by atoms with Crippen LogP contribution < -0.4 is 5.43 Å². The quantitative estimate of drug-likeness (QED) is 0.518. The summed E-state index contributed by atoms with van der Waals surface area (Å²) in [7, 11) is 0. The van der Waals surface area contributed by atoms with Gasteiger partial charge in [0, 0.05) is 18.0 Å². The second-order valence-corrected chi connectivity index (χ2v) is 4.19. The zero-order valence-electron chi connectivity index (χ0n) is 10.7. The Kier molecular flexibility index (Phi) is 4.54. The Morgan fingerprint density at radius 1 is 1.19 bits per heavy atom. The van der Waals surface area contributed by atoms with Crippen LogP contribution in [-0.2, 0) is 6.18 Å². The van der Waals surface area contributed by atoms with Crippen LogP contribution in [0.3, 0.4) is 0 Å². The molecule has 0 aliphatic heterocycles. The number of halogens is 3. The molecule has 0 amide bonds. The van der Waals surface area contributed by atoms with Crippen molar-refractivity contribution in [2.75, 3.05) is 0 Å². The number of aliphatic hydroxyl groups is 1. The normalized spacial score (nSPS) is 13.3. The van der Waals surface area contributed by atoms with Crippen LogP contribution in [0.25, 0.3) is 0 Å². The predicted octanol–water partition coefficient (Wildman–Crippen LogP) is 2.72. The van der Waals surface area contributed by atoms with Crippen molar-refractivity contribution in [2.45, 2.75) is 12.4 Å². The second kappa shape index (κ2) is 6.36. The Morgan fingerprint density at radius 3 is 2.57 bits per heavy atom. The van der Waals surface area contributed by atoms with Crippen molar-refractivity contribution in [2.24, 2.45) is 5.10 Å². The monoisotopic (exact) mass is 295 g/mol. The minimum atomic E-state index is -4.40. The maximum atomic E-state index is 12.5. The number of aliphatic hydroxyl groups excluding tert-OH is 1. The van der Waals surface area contributed by atoms with Gasteiger partial charge in [0.05, 0.1) is 11.8 Å². The molecule has 0 saturated carbocycles. The summed E-state index contributed by atoms with van der Waals surface area (Å²) < 4.78 is 37.6. The second-order valence-electron chi connectivity index (χ2n) is 4.19. The molecule has 1 aromatic carbocycles. The van der Waals surface area contributed by atoms with Crippen LogP contribution in [0.4, 0.5) is 13.2 Å². The topological polar surface area (TPSA) is 57.5 Å². The Bertz CT molecular complexity index is 614. The molecule has 2 N–H and O–H groups in total. The van der Waals surface area contributed by atoms with E-state index >= 15 is 0 Å². The van der Waals surface area contributed by atoms with E-state index in [1.807, 2.05) is 0 Å². The van der Waals surface area contributed by atoms with Gasteiger partial charge >= 0.3 is 6.18 Å². The number of benzene rings is 1. The summed E-state index contributed by atoms with van der Waals surface area (Å²) in [6.45, 7) is 0. The molecule has 0 spiro atoms. The van der Waals surface area contributed by atoms with Crippen LogP contribution in [-0.4, -0.2) is 16.3 Å². The van der Waals surface area contributed by atoms with Gasteiger partial charge in [0.25, 0.3) is 0 Å². The summed E-state index contributed by atoms with van der Waals surface area (Å²) in [5.41, 5.74) is 2.50. The number of nitrogens with one attached hydrogen (secondary N) is 1. The highest BCUT2D eigenvalue weighted by molar-refractivity contribution is 5.79. The van der Waals surface area contributed by atoms with E-state index in [0.717, 1.165) is 12.1 Å². The van der Waals surface area contributed by atoms with E-state index in [0.29, 0.717) is 5.56 Å². The first kappa shape index (κ1) is 15.0. The molecule has 1 aromatic heterocycles. The smallest absolute Gasteiger partial charge is 0.368 e. The summed E-state index contributed by atoms with van der Waals surface area (Å²) >= 11 is 0. The molecule has 0 fully saturated rings. The van der Waals surface area contributed by atoms with E-state index in [1.54, 1.807) is 12.1 Å². The molecule has 4 nitrogen and oxygen atoms in total. The molecular formula is C14H12F3N3O. The van der Waals surface area contributed by atoms with E-state index in [1.165, 1.54) is 30.7 Å². The number of nitrogens with zero attached hydrogens (tertiary/aromatic N) is 2. The first-order valence-electron chi connectivity index (χ1n) is 6.00. The number of hydrogen-bond acceptors (Lipinski definition) is 4. The highest BCUT2D eigenvalue weighted by Gasteiger charge is 2.30. The maximum absolute atomic E-state index is 12.5. The fourth-order valence-corrected chi connectivity index (χ4v) is 1.60. The Balaban J connectivity index is 2.02. The molecule has 0 aliphatic carbocycles. The van der Waals surface area contributed by atoms with Gasteiger partial charge in [-0.1, -0.05) is 12.1 Å². The lowest BCUT2D eigenvalue weighted by Crippen LogP contribution is -2.15. The average Bonchev–Trinajstić information content (AvgIpc) is 2.47. The predicted molar refractivity (Wildman–Crippen MR) is 71.4 cm³/mol. The van der Waals surface area contributed by atoms with E-state index in [-0.39, 0.29) is 5.56 Å². The van der Waals surface area contributed by atoms with E-state index in [2.05, 4.69) is 15.5 Å². The third kappa shape index (κ3) is 4.28. The molecule has 0 saturated heterocycles. The number of rotatable bonds is 4. The molecule has 110 valence electrons. The summed E-state index contributed by atoms with van der Waals surface area (Å²) in [5.74, 6) is 0. The summed E-state index contributed by atoms with van der Waals surface area (Å²) in [5, 5.41) is 13.5. The zero-order chi connectivity index (χ0) is 15.3. The number of pyridine rings is 1. The number of alkyl halides is 3. The molecule has 7 heteroatoms. The fourth-order valence-electron chi connectivity index (χ4n) is 1.60. The Morgan fingerprint density at radius 2 is 1.90 bits per heavy atom. The number of hydrogen-bond donors (Lipinski definition) is 2. The summed E-state index contributed by atoms with van der Waals surface area (Å²) in [6.07, 6.45) is -1.23. The Labute approximate surface area is 119 Å². The van der Waals surface area contributed by atoms with Crippen molar-refractivity contribution in [3.63, 3.8) is 0 Å². The molecule has 1 atom stereocenters. The van der Waals surface area contributed by atoms with Gasteiger partial charge in [0.2, 0.25) is 0 Å². The highest BCUT2D eigenvalue weighted by atomic mass is 19.4. The number of aromatic nitrogens is 1. The van der Waals surface area contributed by atoms with Crippen LogP contribution in [0.1, 0.15) is 22.9 Å². The van der Waals surface area contributed by atoms with Gasteiger partial charge < -0.3 is 5.11 Å². The molecule has 0 aliphatic rings. The van der Waals surface area contributed by atoms with Crippen molar-refractivity contribution < 1.29 is 18.3 Å². The average molecular weight is 295 g/mol. The third-order valence-electron chi connectivity index (χ3n) is 2.65. The lowest BCUT2D eigenvalue weighted by molar-refractivity contribution is -0.137. The van der Waals surface area contributed by atoms with Crippen molar-refractivity contribution in [3.05, 3.63) is 65.5 Å². The molecule has 2 aromatic rings. The first-order chi connectivity index (χ1) is 9.97. The molecule has 1 unspecified atom stereocenters. The first-order valence-corrected chi connectivity index (χ1v) is 6.00. The summed E-state index contributed by atoms with van der Waals surface area (Å²) in [6, 6.07) is 7.93. The van der Waals surface area contributed by atoms with Crippen molar-refractivity contribution in [1.82, 2.24) is 10.4 Å². The van der Waals surface area contributed by atoms with Gasteiger partial charge in [0.1, 0.15) is 0 Å². The Hall–Kier alpha value is -2.41. The third-order valence-corrected chi connectivity index (χ3v) is 2.65. The number of hydrazone groups is 1. The SMILES string of the molecule is OC(N/N=C\c1cccc(C(F)(F)F)c1)c1ccncc1. The van der Waals surface area contributed by atoms with Crippen LogP contribution in [0, 0.1) is 0 Å². The zero-order valence-corrected chi connectivity index (χ0v) is 10.7. The lowest BCUT2D eigenvalue weighted by Gasteiger charge is -2.09. The minimum absolute atomic E-state index is 0.277. The van der Waals surface area contributed by atoms with Crippen LogP contribution >= 0.6 is 0 Å². The van der Waals surface area contributed by atoms with Gasteiger partial charge in [-0.15, -0.1) is 0 Å². The molecule has 0 radical (unpaired) electrons. The van der Waals surface area contributed by atoms with Gasteiger partial charge in [-0.05, 0) is 29.8 Å². The summed E-state index contributed by atoms with van der Waals surface area (Å²) in [4.78, 5) is 3.80. The maximum Gasteiger partial charge on any atom is 0.416 e. The van der Waals surface area contributed by atoms with E-state index < -0.39 is 18.0 Å². The minimum Gasteiger partial charge on any atom is -0.368 e. The van der Waals surface area contributed by atoms with Gasteiger partial charge in [-0.25, -0.2) is 0 Å². The molecule has 0 bridgehead atoms. The van der Waals surface area contributed by atoms with Crippen LogP contribution in [0.15, 0.2) is 53.9 Å². The van der Waals surface area contributed by atoms with Crippen LogP contribution in [0.2, 0.25) is 0 Å². The van der Waals surface area contributed by atoms with Gasteiger partial charge in [0.15, 0.2) is 6.23 Å². The van der Waals surface area contributed by atoms with Gasteiger partial charge in [-0.2, -0.15) is 18.3 Å². The van der Waals surface area contributed by atoms with Crippen molar-refractivity contribution in [3.8, 4) is 0 Å². The lowest BCUT2D eigenvalue weighted by atomic mass is 10.1. The van der Waals surface area contributed by atoms with Crippen molar-refractivity contribution in [1.29, 1.82) is 0 Å². The molecule has 2 rings (SSSR count). The van der Waals surface area contributed by atoms with Crippen LogP contribution in [0.5, 0.6) is 0 Å². The van der Waals surface area contributed by atoms with E-state index in [9.17, 15) is 18.3 Å². The fraction of sp³-hybridized carbons (Fsp3) is 0.143. The molecular weight excluding hydrogens is 283 g/mol. The highest BCUT2D eigenvalue weighted by Crippen LogP contribution is 2.29.